The van der Waals surface area contributed by atoms with Gasteiger partial charge in [0.25, 0.3) is 0 Å². The van der Waals surface area contributed by atoms with Gasteiger partial charge in [0.2, 0.25) is 5.91 Å². The highest BCUT2D eigenvalue weighted by Crippen LogP contribution is 2.28. The second-order valence-electron chi connectivity index (χ2n) is 7.28. The smallest absolute Gasteiger partial charge is 0.322 e. The molecule has 6 nitrogen and oxygen atoms in total. The fourth-order valence-corrected chi connectivity index (χ4v) is 3.16. The first kappa shape index (κ1) is 19.8. The third-order valence-corrected chi connectivity index (χ3v) is 4.66. The van der Waals surface area contributed by atoms with Crippen molar-refractivity contribution in [1.29, 1.82) is 0 Å². The number of halogens is 1. The van der Waals surface area contributed by atoms with Gasteiger partial charge in [0.05, 0.1) is 23.0 Å². The molecule has 0 fully saturated rings. The third-order valence-electron chi connectivity index (χ3n) is 4.66. The maximum absolute atomic E-state index is 13.0. The van der Waals surface area contributed by atoms with Crippen LogP contribution in [0.5, 0.6) is 0 Å². The number of carbonyl (C=O) groups is 2. The summed E-state index contributed by atoms with van der Waals surface area (Å²) in [5.41, 5.74) is 2.79. The van der Waals surface area contributed by atoms with Crippen LogP contribution in [0.1, 0.15) is 44.5 Å². The van der Waals surface area contributed by atoms with Crippen LogP contribution in [0.4, 0.5) is 20.6 Å². The lowest BCUT2D eigenvalue weighted by molar-refractivity contribution is -0.117. The first-order chi connectivity index (χ1) is 13.3. The number of nitrogens with zero attached hydrogens (tertiary/aromatic N) is 2. The van der Waals surface area contributed by atoms with Crippen LogP contribution in [0.25, 0.3) is 0 Å². The zero-order valence-electron chi connectivity index (χ0n) is 16.3. The first-order valence-corrected chi connectivity index (χ1v) is 9.49. The molecule has 2 N–H and O–H groups in total. The number of hydrogen-bond acceptors (Lipinski definition) is 3. The Morgan fingerprint density at radius 1 is 1.11 bits per heavy atom. The number of benzene rings is 1. The largest absolute Gasteiger partial charge is 0.336 e. The molecule has 3 amide bonds. The topological polar surface area (TPSA) is 74.3 Å². The van der Waals surface area contributed by atoms with Crippen molar-refractivity contribution < 1.29 is 14.0 Å². The monoisotopic (exact) mass is 384 g/mol. The van der Waals surface area contributed by atoms with Crippen LogP contribution < -0.4 is 15.5 Å². The zero-order valence-corrected chi connectivity index (χ0v) is 16.3. The predicted molar refractivity (Wildman–Crippen MR) is 107 cm³/mol. The molecule has 7 heteroatoms. The molecule has 0 aliphatic carbocycles. The highest BCUT2D eigenvalue weighted by Gasteiger charge is 2.26. The summed E-state index contributed by atoms with van der Waals surface area (Å²) in [7, 11) is 0. The summed E-state index contributed by atoms with van der Waals surface area (Å²) in [4.78, 5) is 31.3. The lowest BCUT2D eigenvalue weighted by Crippen LogP contribution is -2.45. The van der Waals surface area contributed by atoms with Gasteiger partial charge in [-0.1, -0.05) is 0 Å². The molecule has 28 heavy (non-hydrogen) atoms. The van der Waals surface area contributed by atoms with Crippen LogP contribution >= 0.6 is 0 Å². The summed E-state index contributed by atoms with van der Waals surface area (Å²) in [5.74, 6) is -1.05. The van der Waals surface area contributed by atoms with E-state index < -0.39 is 5.92 Å². The van der Waals surface area contributed by atoms with Crippen LogP contribution in [0.2, 0.25) is 0 Å². The van der Waals surface area contributed by atoms with E-state index in [1.807, 2.05) is 19.9 Å². The van der Waals surface area contributed by atoms with Gasteiger partial charge in [-0.25, -0.2) is 9.18 Å². The Balaban J connectivity index is 1.75. The summed E-state index contributed by atoms with van der Waals surface area (Å²) in [6, 6.07) is 9.21. The number of urea groups is 1. The minimum absolute atomic E-state index is 0.0558. The number of aryl methyl sites for hydroxylation is 1. The molecule has 148 valence electrons. The Morgan fingerprint density at radius 3 is 2.50 bits per heavy atom. The van der Waals surface area contributed by atoms with Crippen LogP contribution in [-0.4, -0.2) is 29.5 Å². The molecule has 2 aromatic rings. The van der Waals surface area contributed by atoms with E-state index >= 15 is 0 Å². The molecule has 0 spiro atoms. The van der Waals surface area contributed by atoms with Gasteiger partial charge in [0.1, 0.15) is 5.82 Å². The molecule has 0 radical (unpaired) electrons. The molecular weight excluding hydrogens is 359 g/mol. The molecule has 0 saturated carbocycles. The zero-order chi connectivity index (χ0) is 20.3. The van der Waals surface area contributed by atoms with Gasteiger partial charge in [-0.2, -0.15) is 0 Å². The van der Waals surface area contributed by atoms with Gasteiger partial charge in [0, 0.05) is 18.3 Å². The van der Waals surface area contributed by atoms with Gasteiger partial charge in [-0.3, -0.25) is 14.7 Å². The second-order valence-corrected chi connectivity index (χ2v) is 7.28. The minimum Gasteiger partial charge on any atom is -0.336 e. The Morgan fingerprint density at radius 2 is 1.82 bits per heavy atom. The number of hydrogen-bond donors (Lipinski definition) is 2. The molecule has 2 heterocycles. The normalized spacial score (nSPS) is 14.4. The number of anilines is 2. The van der Waals surface area contributed by atoms with Crippen LogP contribution in [-0.2, 0) is 11.2 Å². The lowest BCUT2D eigenvalue weighted by Gasteiger charge is -2.30. The Kier molecular flexibility index (Phi) is 5.92. The highest BCUT2D eigenvalue weighted by atomic mass is 19.1. The fraction of sp³-hybridized carbons (Fsp3) is 0.381. The van der Waals surface area contributed by atoms with E-state index in [1.165, 1.54) is 24.3 Å². The second kappa shape index (κ2) is 8.37. The van der Waals surface area contributed by atoms with Gasteiger partial charge in [0.15, 0.2) is 0 Å². The number of pyridine rings is 1. The maximum Gasteiger partial charge on any atom is 0.322 e. The number of rotatable bonds is 4. The van der Waals surface area contributed by atoms with Gasteiger partial charge < -0.3 is 10.6 Å². The Bertz CT molecular complexity index is 867. The van der Waals surface area contributed by atoms with Crippen molar-refractivity contribution in [3.63, 3.8) is 0 Å². The van der Waals surface area contributed by atoms with Crippen molar-refractivity contribution in [2.24, 2.45) is 0 Å². The lowest BCUT2D eigenvalue weighted by atomic mass is 10.0. The number of carbonyl (C=O) groups excluding carboxylic acids is 2. The summed E-state index contributed by atoms with van der Waals surface area (Å²) >= 11 is 0. The summed E-state index contributed by atoms with van der Waals surface area (Å²) in [5, 5.41) is 5.68. The van der Waals surface area contributed by atoms with E-state index in [0.717, 1.165) is 24.2 Å². The Hall–Kier alpha value is -2.96. The molecule has 1 aliphatic heterocycles. The number of nitrogens with one attached hydrogen (secondary N) is 2. The Labute approximate surface area is 164 Å². The van der Waals surface area contributed by atoms with E-state index in [9.17, 15) is 14.0 Å². The van der Waals surface area contributed by atoms with Gasteiger partial charge >= 0.3 is 6.03 Å². The third kappa shape index (κ3) is 4.47. The molecular formula is C21H25FN4O2. The average Bonchev–Trinajstić information content (AvgIpc) is 2.67. The van der Waals surface area contributed by atoms with Gasteiger partial charge in [-0.15, -0.1) is 0 Å². The van der Waals surface area contributed by atoms with Crippen LogP contribution in [0.15, 0.2) is 36.4 Å². The van der Waals surface area contributed by atoms with E-state index in [1.54, 1.807) is 17.9 Å². The summed E-state index contributed by atoms with van der Waals surface area (Å²) in [6.45, 7) is 6.27. The van der Waals surface area contributed by atoms with E-state index in [2.05, 4.69) is 15.6 Å². The SMILES string of the molecule is CC(C)NC(=O)N1CCCc2nc([C@@H](C)C(=O)Nc3ccc(F)cc3)ccc21. The number of fused-ring (bicyclic) bond motifs is 1. The molecule has 3 rings (SSSR count). The number of aromatic nitrogens is 1. The predicted octanol–water partition coefficient (Wildman–Crippen LogP) is 3.83. The van der Waals surface area contributed by atoms with E-state index in [0.29, 0.717) is 17.9 Å². The summed E-state index contributed by atoms with van der Waals surface area (Å²) in [6.07, 6.45) is 1.59. The number of amides is 3. The van der Waals surface area contributed by atoms with Crippen molar-refractivity contribution in [3.05, 3.63) is 53.6 Å². The molecule has 0 saturated heterocycles. The van der Waals surface area contributed by atoms with Crippen molar-refractivity contribution in [2.75, 3.05) is 16.8 Å². The molecule has 0 bridgehead atoms. The van der Waals surface area contributed by atoms with Gasteiger partial charge in [-0.05, 0) is 70.0 Å². The standard InChI is InChI=1S/C21H25FN4O2/c1-13(2)23-21(28)26-12-4-5-18-19(26)11-10-17(25-18)14(3)20(27)24-16-8-6-15(22)7-9-16/h6-11,13-14H,4-5,12H2,1-3H3,(H,23,28)(H,24,27)/t14-/m1/s1. The molecule has 0 unspecified atom stereocenters. The molecule has 1 aromatic heterocycles. The maximum atomic E-state index is 13.0. The summed E-state index contributed by atoms with van der Waals surface area (Å²) < 4.78 is 13.0. The fourth-order valence-electron chi connectivity index (χ4n) is 3.16. The van der Waals surface area contributed by atoms with E-state index in [4.69, 9.17) is 0 Å². The van der Waals surface area contributed by atoms with Crippen molar-refractivity contribution >= 4 is 23.3 Å². The van der Waals surface area contributed by atoms with Crippen molar-refractivity contribution in [2.45, 2.75) is 45.6 Å². The average molecular weight is 384 g/mol. The van der Waals surface area contributed by atoms with Crippen LogP contribution in [0.3, 0.4) is 0 Å². The van der Waals surface area contributed by atoms with Crippen LogP contribution in [0, 0.1) is 5.82 Å². The van der Waals surface area contributed by atoms with E-state index in [-0.39, 0.29) is 23.8 Å². The highest BCUT2D eigenvalue weighted by molar-refractivity contribution is 5.96. The molecule has 1 aromatic carbocycles. The quantitative estimate of drug-likeness (QED) is 0.841. The first-order valence-electron chi connectivity index (χ1n) is 9.49. The minimum atomic E-state index is -0.477. The molecule has 1 aliphatic rings. The van der Waals surface area contributed by atoms with Crippen molar-refractivity contribution in [1.82, 2.24) is 10.3 Å². The molecule has 1 atom stereocenters. The van der Waals surface area contributed by atoms with Crippen molar-refractivity contribution in [3.8, 4) is 0 Å².